The monoisotopic (exact) mass is 304 g/mol. The van der Waals surface area contributed by atoms with Crippen LogP contribution in [0.1, 0.15) is 5.56 Å². The van der Waals surface area contributed by atoms with Crippen LogP contribution >= 0.6 is 0 Å². The molecule has 1 aliphatic heterocycles. The maximum atomic E-state index is 4.54. The van der Waals surface area contributed by atoms with Gasteiger partial charge in [-0.15, -0.1) is 0 Å². The van der Waals surface area contributed by atoms with Crippen molar-refractivity contribution in [2.24, 2.45) is 0 Å². The Morgan fingerprint density at radius 3 is 2.43 bits per heavy atom. The third-order valence-electron chi connectivity index (χ3n) is 4.47. The Kier molecular flexibility index (Phi) is 3.58. The third kappa shape index (κ3) is 2.72. The number of nitrogens with zero attached hydrogens (tertiary/aromatic N) is 4. The van der Waals surface area contributed by atoms with Crippen LogP contribution in [-0.4, -0.2) is 36.1 Å². The maximum Gasteiger partial charge on any atom is 0.140 e. The highest BCUT2D eigenvalue weighted by atomic mass is 15.3. The lowest BCUT2D eigenvalue weighted by Crippen LogP contribution is -2.46. The molecule has 0 radical (unpaired) electrons. The average Bonchev–Trinajstić information content (AvgIpc) is 2.61. The first-order chi connectivity index (χ1) is 11.3. The molecule has 0 amide bonds. The normalized spacial score (nSPS) is 15.2. The third-order valence-corrected chi connectivity index (χ3v) is 4.47. The van der Waals surface area contributed by atoms with Gasteiger partial charge in [0.2, 0.25) is 0 Å². The lowest BCUT2D eigenvalue weighted by atomic mass is 10.1. The molecule has 2 aromatic carbocycles. The van der Waals surface area contributed by atoms with Gasteiger partial charge in [-0.25, -0.2) is 9.97 Å². The minimum Gasteiger partial charge on any atom is -0.368 e. The van der Waals surface area contributed by atoms with Crippen LogP contribution in [0.4, 0.5) is 11.5 Å². The van der Waals surface area contributed by atoms with E-state index in [1.54, 1.807) is 6.33 Å². The summed E-state index contributed by atoms with van der Waals surface area (Å²) in [4.78, 5) is 13.7. The molecule has 116 valence electrons. The summed E-state index contributed by atoms with van der Waals surface area (Å²) in [5.41, 5.74) is 3.64. The van der Waals surface area contributed by atoms with Crippen LogP contribution in [0.3, 0.4) is 0 Å². The smallest absolute Gasteiger partial charge is 0.140 e. The lowest BCUT2D eigenvalue weighted by molar-refractivity contribution is 0.649. The molecule has 1 aromatic heterocycles. The number of hydrogen-bond donors (Lipinski definition) is 0. The van der Waals surface area contributed by atoms with Gasteiger partial charge in [0.05, 0.1) is 5.52 Å². The molecule has 0 saturated carbocycles. The number of hydrogen-bond acceptors (Lipinski definition) is 4. The van der Waals surface area contributed by atoms with Gasteiger partial charge in [0.25, 0.3) is 0 Å². The van der Waals surface area contributed by atoms with E-state index in [1.165, 1.54) is 11.3 Å². The first kappa shape index (κ1) is 14.0. The molecule has 4 rings (SSSR count). The van der Waals surface area contributed by atoms with Crippen molar-refractivity contribution in [3.8, 4) is 0 Å². The molecule has 3 aromatic rings. The number of benzene rings is 2. The quantitative estimate of drug-likeness (QED) is 0.727. The highest BCUT2D eigenvalue weighted by molar-refractivity contribution is 5.89. The van der Waals surface area contributed by atoms with Crippen LogP contribution in [0.25, 0.3) is 10.9 Å². The molecule has 0 aliphatic carbocycles. The van der Waals surface area contributed by atoms with Crippen LogP contribution in [0.5, 0.6) is 0 Å². The van der Waals surface area contributed by atoms with Crippen LogP contribution < -0.4 is 9.80 Å². The predicted octanol–water partition coefficient (Wildman–Crippen LogP) is 3.26. The largest absolute Gasteiger partial charge is 0.368 e. The van der Waals surface area contributed by atoms with Crippen molar-refractivity contribution in [1.29, 1.82) is 0 Å². The second-order valence-corrected chi connectivity index (χ2v) is 6.03. The first-order valence-corrected chi connectivity index (χ1v) is 8.07. The highest BCUT2D eigenvalue weighted by Crippen LogP contribution is 2.25. The van der Waals surface area contributed by atoms with Gasteiger partial charge in [0.15, 0.2) is 0 Å². The molecule has 4 nitrogen and oxygen atoms in total. The fourth-order valence-electron chi connectivity index (χ4n) is 3.24. The molecule has 1 saturated heterocycles. The van der Waals surface area contributed by atoms with Gasteiger partial charge in [-0.2, -0.15) is 0 Å². The Balaban J connectivity index is 1.55. The molecule has 0 unspecified atom stereocenters. The van der Waals surface area contributed by atoms with Gasteiger partial charge in [-0.1, -0.05) is 24.3 Å². The maximum absolute atomic E-state index is 4.54. The Morgan fingerprint density at radius 1 is 0.826 bits per heavy atom. The van der Waals surface area contributed by atoms with Crippen molar-refractivity contribution in [2.75, 3.05) is 36.0 Å². The van der Waals surface area contributed by atoms with E-state index >= 15 is 0 Å². The van der Waals surface area contributed by atoms with E-state index in [0.29, 0.717) is 0 Å². The van der Waals surface area contributed by atoms with Crippen LogP contribution in [0.15, 0.2) is 54.9 Å². The van der Waals surface area contributed by atoms with Gasteiger partial charge >= 0.3 is 0 Å². The molecule has 2 heterocycles. The van der Waals surface area contributed by atoms with Crippen molar-refractivity contribution in [1.82, 2.24) is 9.97 Å². The Hall–Kier alpha value is -2.62. The number of rotatable bonds is 2. The van der Waals surface area contributed by atoms with Crippen LogP contribution in [-0.2, 0) is 0 Å². The van der Waals surface area contributed by atoms with E-state index in [2.05, 4.69) is 63.1 Å². The highest BCUT2D eigenvalue weighted by Gasteiger charge is 2.20. The van der Waals surface area contributed by atoms with Gasteiger partial charge in [-0.05, 0) is 36.8 Å². The van der Waals surface area contributed by atoms with Crippen molar-refractivity contribution < 1.29 is 0 Å². The van der Waals surface area contributed by atoms with Crippen molar-refractivity contribution in [3.05, 3.63) is 60.4 Å². The second-order valence-electron chi connectivity index (χ2n) is 6.03. The summed E-state index contributed by atoms with van der Waals surface area (Å²) in [5, 5.41) is 1.14. The Labute approximate surface area is 136 Å². The number of para-hydroxylation sites is 1. The van der Waals surface area contributed by atoms with Gasteiger partial charge in [0.1, 0.15) is 12.1 Å². The molecule has 4 heteroatoms. The summed E-state index contributed by atoms with van der Waals surface area (Å²) in [7, 11) is 0. The summed E-state index contributed by atoms with van der Waals surface area (Å²) in [6.07, 6.45) is 1.67. The number of anilines is 2. The molecule has 0 N–H and O–H groups in total. The summed E-state index contributed by atoms with van der Waals surface area (Å²) < 4.78 is 0. The van der Waals surface area contributed by atoms with E-state index in [1.807, 2.05) is 12.1 Å². The molecular formula is C19H20N4. The topological polar surface area (TPSA) is 32.3 Å². The molecule has 1 fully saturated rings. The van der Waals surface area contributed by atoms with E-state index in [9.17, 15) is 0 Å². The molecule has 1 aliphatic rings. The summed E-state index contributed by atoms with van der Waals surface area (Å²) in [5.74, 6) is 1.06. The van der Waals surface area contributed by atoms with Crippen molar-refractivity contribution >= 4 is 22.4 Å². The molecule has 0 spiro atoms. The fourth-order valence-corrected chi connectivity index (χ4v) is 3.24. The second kappa shape index (κ2) is 5.88. The predicted molar refractivity (Wildman–Crippen MR) is 95.1 cm³/mol. The zero-order valence-electron chi connectivity index (χ0n) is 13.3. The standard InChI is InChI=1S/C19H20N4/c1-15-5-4-6-16(13-15)22-9-11-23(12-10-22)19-17-7-2-3-8-18(17)20-14-21-19/h2-8,13-14H,9-12H2,1H3. The Bertz CT molecular complexity index is 817. The molecule has 23 heavy (non-hydrogen) atoms. The SMILES string of the molecule is Cc1cccc(N2CCN(c3ncnc4ccccc34)CC2)c1. The minimum absolute atomic E-state index is 0.981. The molecule has 0 atom stereocenters. The summed E-state index contributed by atoms with van der Waals surface area (Å²) in [6.45, 7) is 6.14. The van der Waals surface area contributed by atoms with Crippen LogP contribution in [0, 0.1) is 6.92 Å². The fraction of sp³-hybridized carbons (Fsp3) is 0.263. The number of piperazine rings is 1. The van der Waals surface area contributed by atoms with E-state index < -0.39 is 0 Å². The summed E-state index contributed by atoms with van der Waals surface area (Å²) >= 11 is 0. The van der Waals surface area contributed by atoms with Crippen LogP contribution in [0.2, 0.25) is 0 Å². The Morgan fingerprint density at radius 2 is 1.61 bits per heavy atom. The van der Waals surface area contributed by atoms with Gasteiger partial charge < -0.3 is 9.80 Å². The van der Waals surface area contributed by atoms with Gasteiger partial charge in [0, 0.05) is 37.3 Å². The van der Waals surface area contributed by atoms with E-state index in [-0.39, 0.29) is 0 Å². The number of aromatic nitrogens is 2. The zero-order valence-corrected chi connectivity index (χ0v) is 13.3. The lowest BCUT2D eigenvalue weighted by Gasteiger charge is -2.37. The van der Waals surface area contributed by atoms with Crippen molar-refractivity contribution in [3.63, 3.8) is 0 Å². The average molecular weight is 304 g/mol. The molecule has 0 bridgehead atoms. The van der Waals surface area contributed by atoms with E-state index in [0.717, 1.165) is 42.9 Å². The minimum atomic E-state index is 0.981. The molecular weight excluding hydrogens is 284 g/mol. The number of aryl methyl sites for hydroxylation is 1. The van der Waals surface area contributed by atoms with E-state index in [4.69, 9.17) is 0 Å². The zero-order chi connectivity index (χ0) is 15.6. The summed E-state index contributed by atoms with van der Waals surface area (Å²) in [6, 6.07) is 17.0. The first-order valence-electron chi connectivity index (χ1n) is 8.07. The van der Waals surface area contributed by atoms with Gasteiger partial charge in [-0.3, -0.25) is 0 Å². The number of fused-ring (bicyclic) bond motifs is 1. The van der Waals surface area contributed by atoms with Crippen molar-refractivity contribution in [2.45, 2.75) is 6.92 Å².